The fraction of sp³-hybridized carbons (Fsp3) is 0.0455. The zero-order chi connectivity index (χ0) is 20.2. The van der Waals surface area contributed by atoms with Crippen LogP contribution in [0.2, 0.25) is 0 Å². The molecular weight excluding hydrogens is 400 g/mol. The number of benzene rings is 2. The van der Waals surface area contributed by atoms with E-state index in [4.69, 9.17) is 0 Å². The van der Waals surface area contributed by atoms with Crippen LogP contribution in [0.15, 0.2) is 71.1 Å². The molecule has 2 aromatic heterocycles. The second-order valence-electron chi connectivity index (χ2n) is 6.09. The molecule has 0 bridgehead atoms. The Kier molecular flexibility index (Phi) is 5.47. The third-order valence-electron chi connectivity index (χ3n) is 4.23. The third-order valence-corrected chi connectivity index (χ3v) is 6.56. The first-order chi connectivity index (χ1) is 14.2. The maximum atomic E-state index is 9.80. The van der Waals surface area contributed by atoms with Crippen LogP contribution in [0.25, 0.3) is 21.7 Å². The highest BCUT2D eigenvalue weighted by molar-refractivity contribution is 8.00. The van der Waals surface area contributed by atoms with Crippen molar-refractivity contribution >= 4 is 34.7 Å². The highest BCUT2D eigenvalue weighted by Crippen LogP contribution is 2.45. The van der Waals surface area contributed by atoms with Crippen LogP contribution >= 0.6 is 23.1 Å². The van der Waals surface area contributed by atoms with Gasteiger partial charge in [-0.2, -0.15) is 5.26 Å². The van der Waals surface area contributed by atoms with Crippen LogP contribution in [0.5, 0.6) is 5.75 Å². The van der Waals surface area contributed by atoms with Crippen molar-refractivity contribution in [1.82, 2.24) is 9.97 Å². The number of thioether (sulfide) groups is 1. The Hall–Kier alpha value is -3.34. The average molecular weight is 417 g/mol. The number of hydrogen-bond donors (Lipinski definition) is 2. The Balaban J connectivity index is 1.81. The summed E-state index contributed by atoms with van der Waals surface area (Å²) in [6, 6.07) is 20.9. The van der Waals surface area contributed by atoms with E-state index in [1.54, 1.807) is 47.5 Å². The number of anilines is 2. The number of nitrogens with zero attached hydrogens (tertiary/aromatic N) is 3. The molecule has 0 saturated carbocycles. The Labute approximate surface area is 176 Å². The molecule has 5 nitrogen and oxygen atoms in total. The van der Waals surface area contributed by atoms with E-state index in [1.165, 1.54) is 0 Å². The van der Waals surface area contributed by atoms with Gasteiger partial charge in [0.05, 0.1) is 20.3 Å². The lowest BCUT2D eigenvalue weighted by Gasteiger charge is -2.08. The summed E-state index contributed by atoms with van der Waals surface area (Å²) in [7, 11) is 0. The standard InChI is InChI=1S/C22H16N4OS2/c1-28-21-17(13-23)19(14-6-3-2-4-7-14)20(29-21)18-10-11-24-22(26-18)25-15-8-5-9-16(27)12-15/h2-12,27H,1H3,(H,24,25,26). The molecule has 0 fully saturated rings. The number of aromatic nitrogens is 2. The van der Waals surface area contributed by atoms with E-state index in [0.717, 1.165) is 25.9 Å². The van der Waals surface area contributed by atoms with E-state index in [2.05, 4.69) is 21.4 Å². The molecule has 0 aliphatic heterocycles. The summed E-state index contributed by atoms with van der Waals surface area (Å²) < 4.78 is 0.961. The monoisotopic (exact) mass is 416 g/mol. The van der Waals surface area contributed by atoms with Crippen LogP contribution < -0.4 is 5.32 Å². The van der Waals surface area contributed by atoms with Crippen molar-refractivity contribution in [2.75, 3.05) is 11.6 Å². The normalized spacial score (nSPS) is 10.5. The Bertz CT molecular complexity index is 1200. The lowest BCUT2D eigenvalue weighted by Crippen LogP contribution is -1.97. The van der Waals surface area contributed by atoms with Crippen molar-refractivity contribution in [1.29, 1.82) is 5.26 Å². The highest BCUT2D eigenvalue weighted by atomic mass is 32.2. The molecule has 0 spiro atoms. The SMILES string of the molecule is CSc1sc(-c2ccnc(Nc3cccc(O)c3)n2)c(-c2ccccc2)c1C#N. The predicted octanol–water partition coefficient (Wildman–Crippen LogP) is 5.91. The van der Waals surface area contributed by atoms with E-state index < -0.39 is 0 Å². The van der Waals surface area contributed by atoms with Gasteiger partial charge in [-0.05, 0) is 30.0 Å². The van der Waals surface area contributed by atoms with Gasteiger partial charge < -0.3 is 10.4 Å². The van der Waals surface area contributed by atoms with Crippen LogP contribution in [0.1, 0.15) is 5.56 Å². The van der Waals surface area contributed by atoms with Gasteiger partial charge in [0.15, 0.2) is 0 Å². The molecule has 0 atom stereocenters. The van der Waals surface area contributed by atoms with Crippen molar-refractivity contribution < 1.29 is 5.11 Å². The van der Waals surface area contributed by atoms with E-state index in [-0.39, 0.29) is 5.75 Å². The number of thiophene rings is 1. The van der Waals surface area contributed by atoms with Gasteiger partial charge in [0.25, 0.3) is 0 Å². The van der Waals surface area contributed by atoms with Gasteiger partial charge in [0.2, 0.25) is 5.95 Å². The first-order valence-corrected chi connectivity index (χ1v) is 10.8. The summed E-state index contributed by atoms with van der Waals surface area (Å²) >= 11 is 3.12. The molecular formula is C22H16N4OS2. The van der Waals surface area contributed by atoms with Gasteiger partial charge in [-0.15, -0.1) is 23.1 Å². The summed E-state index contributed by atoms with van der Waals surface area (Å²) in [4.78, 5) is 9.89. The zero-order valence-corrected chi connectivity index (χ0v) is 17.1. The molecule has 2 heterocycles. The number of hydrogen-bond acceptors (Lipinski definition) is 7. The highest BCUT2D eigenvalue weighted by Gasteiger charge is 2.21. The molecule has 0 aliphatic rings. The maximum Gasteiger partial charge on any atom is 0.227 e. The summed E-state index contributed by atoms with van der Waals surface area (Å²) in [6.45, 7) is 0. The number of phenols is 1. The van der Waals surface area contributed by atoms with E-state index in [1.807, 2.05) is 48.7 Å². The molecule has 4 aromatic rings. The fourth-order valence-electron chi connectivity index (χ4n) is 2.97. The topological polar surface area (TPSA) is 81.8 Å². The summed E-state index contributed by atoms with van der Waals surface area (Å²) in [6.07, 6.45) is 3.66. The molecule has 0 amide bonds. The number of nitriles is 1. The summed E-state index contributed by atoms with van der Waals surface area (Å²) in [5.74, 6) is 0.587. The molecule has 29 heavy (non-hydrogen) atoms. The molecule has 0 unspecified atom stereocenters. The lowest BCUT2D eigenvalue weighted by atomic mass is 10.0. The van der Waals surface area contributed by atoms with Gasteiger partial charge in [-0.3, -0.25) is 0 Å². The molecule has 4 rings (SSSR count). The predicted molar refractivity (Wildman–Crippen MR) is 119 cm³/mol. The fourth-order valence-corrected chi connectivity index (χ4v) is 4.88. The van der Waals surface area contributed by atoms with E-state index in [9.17, 15) is 10.4 Å². The van der Waals surface area contributed by atoms with Gasteiger partial charge >= 0.3 is 0 Å². The summed E-state index contributed by atoms with van der Waals surface area (Å²) in [5, 5.41) is 22.6. The van der Waals surface area contributed by atoms with Crippen molar-refractivity contribution in [2.45, 2.75) is 4.21 Å². The van der Waals surface area contributed by atoms with Gasteiger partial charge in [0, 0.05) is 23.5 Å². The number of phenolic OH excluding ortho intramolecular Hbond substituents is 1. The molecule has 2 N–H and O–H groups in total. The molecule has 142 valence electrons. The molecule has 7 heteroatoms. The quantitative estimate of drug-likeness (QED) is 0.393. The van der Waals surface area contributed by atoms with Crippen LogP contribution in [-0.2, 0) is 0 Å². The smallest absolute Gasteiger partial charge is 0.227 e. The van der Waals surface area contributed by atoms with Crippen LogP contribution in [0.4, 0.5) is 11.6 Å². The van der Waals surface area contributed by atoms with Crippen LogP contribution in [0, 0.1) is 11.3 Å². The molecule has 0 saturated heterocycles. The van der Waals surface area contributed by atoms with Crippen molar-refractivity contribution in [3.63, 3.8) is 0 Å². The maximum absolute atomic E-state index is 9.80. The second-order valence-corrected chi connectivity index (χ2v) is 8.19. The van der Waals surface area contributed by atoms with Crippen molar-refractivity contribution in [3.8, 4) is 33.5 Å². The van der Waals surface area contributed by atoms with E-state index in [0.29, 0.717) is 17.2 Å². The number of rotatable bonds is 5. The minimum Gasteiger partial charge on any atom is -0.508 e. The van der Waals surface area contributed by atoms with Gasteiger partial charge in [0.1, 0.15) is 11.8 Å². The molecule has 0 radical (unpaired) electrons. The third kappa shape index (κ3) is 3.94. The van der Waals surface area contributed by atoms with Crippen LogP contribution in [0.3, 0.4) is 0 Å². The number of nitrogens with one attached hydrogen (secondary N) is 1. The Morgan fingerprint density at radius 2 is 1.93 bits per heavy atom. The Morgan fingerprint density at radius 3 is 2.66 bits per heavy atom. The van der Waals surface area contributed by atoms with E-state index >= 15 is 0 Å². The lowest BCUT2D eigenvalue weighted by molar-refractivity contribution is 0.475. The Morgan fingerprint density at radius 1 is 1.10 bits per heavy atom. The average Bonchev–Trinajstić information content (AvgIpc) is 3.13. The van der Waals surface area contributed by atoms with Crippen molar-refractivity contribution in [2.24, 2.45) is 0 Å². The van der Waals surface area contributed by atoms with Crippen molar-refractivity contribution in [3.05, 3.63) is 72.4 Å². The van der Waals surface area contributed by atoms with Crippen LogP contribution in [-0.4, -0.2) is 21.3 Å². The minimum absolute atomic E-state index is 0.166. The molecule has 2 aromatic carbocycles. The first kappa shape index (κ1) is 19.0. The van der Waals surface area contributed by atoms with Gasteiger partial charge in [-0.1, -0.05) is 36.4 Å². The first-order valence-electron chi connectivity index (χ1n) is 8.75. The zero-order valence-electron chi connectivity index (χ0n) is 15.5. The second kappa shape index (κ2) is 8.35. The molecule has 0 aliphatic carbocycles. The minimum atomic E-state index is 0.166. The van der Waals surface area contributed by atoms with Gasteiger partial charge in [-0.25, -0.2) is 9.97 Å². The largest absolute Gasteiger partial charge is 0.508 e. The number of aromatic hydroxyl groups is 1. The summed E-state index contributed by atoms with van der Waals surface area (Å²) in [5.41, 5.74) is 3.98.